The van der Waals surface area contributed by atoms with Crippen molar-refractivity contribution in [3.63, 3.8) is 0 Å². The summed E-state index contributed by atoms with van der Waals surface area (Å²) in [6.07, 6.45) is 0. The van der Waals surface area contributed by atoms with Crippen molar-refractivity contribution in [2.75, 3.05) is 5.32 Å². The average Bonchev–Trinajstić information content (AvgIpc) is 2.47. The molecule has 1 aliphatic rings. The molecular weight excluding hydrogens is 439 g/mol. The molecule has 4 nitrogen and oxygen atoms in total. The van der Waals surface area contributed by atoms with E-state index in [0.29, 0.717) is 22.6 Å². The number of fused-ring (bicyclic) bond motifs is 2. The first-order chi connectivity index (χ1) is 9.82. The summed E-state index contributed by atoms with van der Waals surface area (Å²) in [4.78, 5) is 0. The third kappa shape index (κ3) is 2.41. The van der Waals surface area contributed by atoms with E-state index in [1.54, 1.807) is 6.92 Å². The number of nitrogens with one attached hydrogen (secondary N) is 1. The first-order valence-electron chi connectivity index (χ1n) is 6.86. The molecule has 124 valence electrons. The van der Waals surface area contributed by atoms with Gasteiger partial charge >= 0.3 is 0 Å². The summed E-state index contributed by atoms with van der Waals surface area (Å²) in [6.45, 7) is 9.31. The molecule has 0 fully saturated rings. The van der Waals surface area contributed by atoms with Crippen molar-refractivity contribution in [1.82, 2.24) is 0 Å². The van der Waals surface area contributed by atoms with Gasteiger partial charge < -0.3 is 20.3 Å². The topological polar surface area (TPSA) is 61.7 Å². The predicted molar refractivity (Wildman–Crippen MR) is 82.1 cm³/mol. The second kappa shape index (κ2) is 5.99. The summed E-state index contributed by atoms with van der Waals surface area (Å²) in [5.41, 5.74) is 5.57. The van der Waals surface area contributed by atoms with Crippen LogP contribution in [0.5, 0.6) is 23.0 Å². The summed E-state index contributed by atoms with van der Waals surface area (Å²) in [6, 6.07) is 2.92. The summed E-state index contributed by atoms with van der Waals surface area (Å²) in [5, 5.41) is 23.5. The van der Waals surface area contributed by atoms with Crippen LogP contribution in [-0.4, -0.2) is 10.2 Å². The normalized spacial score (nSPS) is 11.7. The monoisotopic (exact) mass is 458 g/mol. The first kappa shape index (κ1) is 17.5. The molecule has 0 saturated carbocycles. The summed E-state index contributed by atoms with van der Waals surface area (Å²) < 4.78 is 6.01. The minimum Gasteiger partial charge on any atom is -0.534 e. The maximum absolute atomic E-state index is 10.2. The minimum atomic E-state index is 0. The van der Waals surface area contributed by atoms with Gasteiger partial charge in [-0.3, -0.25) is 0 Å². The fourth-order valence-electron chi connectivity index (χ4n) is 2.69. The zero-order valence-electron chi connectivity index (χ0n) is 13.1. The molecule has 5 heteroatoms. The van der Waals surface area contributed by atoms with Gasteiger partial charge in [0.15, 0.2) is 5.75 Å². The Morgan fingerprint density at radius 2 is 1.41 bits per heavy atom. The smallest absolute Gasteiger partial charge is 0.153 e. The number of benzene rings is 2. The van der Waals surface area contributed by atoms with Crippen molar-refractivity contribution in [2.24, 2.45) is 0 Å². The molecule has 0 amide bonds. The first-order valence-corrected chi connectivity index (χ1v) is 6.86. The molecule has 0 aromatic heterocycles. The molecule has 0 bridgehead atoms. The molecule has 3 rings (SSSR count). The van der Waals surface area contributed by atoms with Crippen LogP contribution >= 0.6 is 0 Å². The Kier molecular flexibility index (Phi) is 4.77. The fourth-order valence-corrected chi connectivity index (χ4v) is 2.69. The van der Waals surface area contributed by atoms with E-state index in [9.17, 15) is 10.2 Å². The largest absolute Gasteiger partial charge is 0.534 e. The molecule has 2 aromatic carbocycles. The van der Waals surface area contributed by atoms with Gasteiger partial charge in [0.2, 0.25) is 0 Å². The van der Waals surface area contributed by atoms with Crippen molar-refractivity contribution in [1.29, 1.82) is 0 Å². The van der Waals surface area contributed by atoms with Crippen LogP contribution < -0.4 is 10.1 Å². The van der Waals surface area contributed by atoms with Crippen molar-refractivity contribution < 1.29 is 61.9 Å². The van der Waals surface area contributed by atoms with Crippen LogP contribution in [-0.2, 0) is 0 Å². The van der Waals surface area contributed by atoms with E-state index in [2.05, 4.69) is 11.4 Å². The van der Waals surface area contributed by atoms with Crippen molar-refractivity contribution in [3.05, 3.63) is 33.9 Å². The van der Waals surface area contributed by atoms with Gasteiger partial charge in [-0.25, -0.2) is 0 Å². The van der Waals surface area contributed by atoms with Gasteiger partial charge in [-0.2, -0.15) is 0 Å². The van der Waals surface area contributed by atoms with Gasteiger partial charge in [0, 0.05) is 64.0 Å². The van der Waals surface area contributed by atoms with Gasteiger partial charge in [0.1, 0.15) is 5.75 Å². The number of hydrogen-bond donors (Lipinski definition) is 3. The average molecular weight is 457 g/mol. The number of rotatable bonds is 0. The molecule has 0 saturated heterocycles. The third-order valence-electron chi connectivity index (χ3n) is 4.27. The number of phenolic OH excluding ortho intramolecular Hbond substituents is 2. The van der Waals surface area contributed by atoms with Gasteiger partial charge in [-0.15, -0.1) is 11.6 Å². The third-order valence-corrected chi connectivity index (χ3v) is 4.27. The Balaban J connectivity index is 0.00000176. The summed E-state index contributed by atoms with van der Waals surface area (Å²) in [7, 11) is 0. The molecule has 0 radical (unpaired) electrons. The van der Waals surface area contributed by atoms with Crippen molar-refractivity contribution >= 4 is 11.4 Å². The standard InChI is InChI=1S/C17H18NO3.Yb/c1-7-6-12(19)10(4)16-13(7)18-14-8(2)9(3)15(20)11(5)17(14)21-16;/h18-20H,1-5H3;/q-1;. The van der Waals surface area contributed by atoms with Crippen LogP contribution in [0.1, 0.15) is 27.8 Å². The number of phenols is 2. The summed E-state index contributed by atoms with van der Waals surface area (Å²) >= 11 is 0. The van der Waals surface area contributed by atoms with E-state index in [0.717, 1.165) is 28.1 Å². The van der Waals surface area contributed by atoms with Crippen LogP contribution in [0, 0.1) is 87.6 Å². The van der Waals surface area contributed by atoms with Crippen LogP contribution in [0.3, 0.4) is 0 Å². The van der Waals surface area contributed by atoms with E-state index in [4.69, 9.17) is 4.74 Å². The molecule has 1 heterocycles. The number of ether oxygens (including phenoxy) is 1. The van der Waals surface area contributed by atoms with E-state index in [1.807, 2.05) is 27.7 Å². The second-order valence-corrected chi connectivity index (χ2v) is 5.58. The fraction of sp³-hybridized carbons (Fsp3) is 0.294. The molecule has 0 spiro atoms. The van der Waals surface area contributed by atoms with Crippen LogP contribution in [0.25, 0.3) is 0 Å². The number of anilines is 2. The van der Waals surface area contributed by atoms with Crippen LogP contribution in [0.4, 0.5) is 11.4 Å². The Hall–Kier alpha value is -0.841. The summed E-state index contributed by atoms with van der Waals surface area (Å²) in [5.74, 6) is 1.53. The second-order valence-electron chi connectivity index (χ2n) is 5.58. The van der Waals surface area contributed by atoms with Gasteiger partial charge in [0.05, 0.1) is 5.69 Å². The predicted octanol–water partition coefficient (Wildman–Crippen LogP) is 4.29. The Morgan fingerprint density at radius 1 is 0.818 bits per heavy atom. The molecule has 1 aliphatic heterocycles. The van der Waals surface area contributed by atoms with E-state index in [1.165, 1.54) is 0 Å². The van der Waals surface area contributed by atoms with Crippen LogP contribution in [0.15, 0.2) is 0 Å². The molecule has 0 aliphatic carbocycles. The van der Waals surface area contributed by atoms with Crippen molar-refractivity contribution in [3.8, 4) is 23.0 Å². The molecular formula is C17H18NO3Yb-. The minimum absolute atomic E-state index is 0. The molecule has 22 heavy (non-hydrogen) atoms. The molecule has 3 N–H and O–H groups in total. The SMILES string of the molecule is Cc1[c-]c(O)c(C)c2c1Nc1c(C)c(C)c(O)c(C)c1O2.[Yb]. The number of hydrogen-bond acceptors (Lipinski definition) is 4. The number of aromatic hydroxyl groups is 2. The van der Waals surface area contributed by atoms with Gasteiger partial charge in [0.25, 0.3) is 0 Å². The number of aryl methyl sites for hydroxylation is 1. The van der Waals surface area contributed by atoms with E-state index in [-0.39, 0.29) is 58.4 Å². The Labute approximate surface area is 168 Å². The zero-order chi connectivity index (χ0) is 15.5. The van der Waals surface area contributed by atoms with Crippen LogP contribution in [0.2, 0.25) is 0 Å². The Bertz CT molecular complexity index is 785. The quantitative estimate of drug-likeness (QED) is 0.348. The molecule has 2 aromatic rings. The van der Waals surface area contributed by atoms with E-state index >= 15 is 0 Å². The zero-order valence-corrected chi connectivity index (χ0v) is 14.8. The van der Waals surface area contributed by atoms with Gasteiger partial charge in [-0.05, 0) is 37.6 Å². The van der Waals surface area contributed by atoms with Crippen molar-refractivity contribution in [2.45, 2.75) is 34.6 Å². The molecule has 0 atom stereocenters. The Morgan fingerprint density at radius 3 is 2.05 bits per heavy atom. The molecule has 0 unspecified atom stereocenters. The maximum atomic E-state index is 10.2. The van der Waals surface area contributed by atoms with Gasteiger partial charge in [-0.1, -0.05) is 19.4 Å². The van der Waals surface area contributed by atoms with E-state index < -0.39 is 0 Å². The maximum Gasteiger partial charge on any atom is 0.153 e.